The molecule has 3 N–H and O–H groups in total. The maximum Gasteiger partial charge on any atom is 0.269 e. The van der Waals surface area contributed by atoms with Crippen LogP contribution in [0, 0.1) is 0 Å². The molecule has 196 valence electrons. The molecule has 4 aromatic heterocycles. The normalized spacial score (nSPS) is 17.1. The number of anilines is 3. The zero-order valence-corrected chi connectivity index (χ0v) is 21.8. The first-order valence-electron chi connectivity index (χ1n) is 13.1. The Morgan fingerprint density at radius 3 is 2.69 bits per heavy atom. The molecule has 1 unspecified atom stereocenters. The van der Waals surface area contributed by atoms with Gasteiger partial charge in [-0.1, -0.05) is 29.8 Å². The van der Waals surface area contributed by atoms with E-state index in [0.29, 0.717) is 28.4 Å². The molecule has 1 saturated carbocycles. The first-order chi connectivity index (χ1) is 19.1. The third-order valence-corrected chi connectivity index (χ3v) is 7.39. The first kappa shape index (κ1) is 23.7. The fourth-order valence-electron chi connectivity index (χ4n) is 4.99. The SMILES string of the molecule is O=C(NC1CC1)c1cc(Nc2nc(N3CCCC3c3ccccn3)nc3cc(-c4ccc(Cl)cc4)cn23)n[nH]1. The van der Waals surface area contributed by atoms with Crippen LogP contribution in [-0.2, 0) is 0 Å². The molecular formula is C28H26ClN9O. The number of pyridine rings is 1. The van der Waals surface area contributed by atoms with Crippen LogP contribution in [0.1, 0.15) is 47.9 Å². The zero-order chi connectivity index (χ0) is 26.3. The maximum absolute atomic E-state index is 12.5. The number of hydrogen-bond acceptors (Lipinski definition) is 7. The minimum Gasteiger partial charge on any atom is -0.348 e. The summed E-state index contributed by atoms with van der Waals surface area (Å²) in [5.41, 5.74) is 4.14. The van der Waals surface area contributed by atoms with Crippen molar-refractivity contribution in [1.82, 2.24) is 34.9 Å². The number of rotatable bonds is 7. The zero-order valence-electron chi connectivity index (χ0n) is 21.0. The molecule has 1 saturated heterocycles. The lowest BCUT2D eigenvalue weighted by Gasteiger charge is -2.24. The third-order valence-electron chi connectivity index (χ3n) is 7.14. The van der Waals surface area contributed by atoms with Crippen LogP contribution in [0.3, 0.4) is 0 Å². The van der Waals surface area contributed by atoms with Gasteiger partial charge < -0.3 is 15.5 Å². The average molecular weight is 540 g/mol. The summed E-state index contributed by atoms with van der Waals surface area (Å²) in [7, 11) is 0. The molecular weight excluding hydrogens is 514 g/mol. The molecule has 0 bridgehead atoms. The predicted octanol–water partition coefficient (Wildman–Crippen LogP) is 5.15. The summed E-state index contributed by atoms with van der Waals surface area (Å²) in [5, 5.41) is 14.1. The molecule has 1 aliphatic heterocycles. The van der Waals surface area contributed by atoms with Crippen LogP contribution in [0.15, 0.2) is 67.0 Å². The monoisotopic (exact) mass is 539 g/mol. The Morgan fingerprint density at radius 2 is 1.90 bits per heavy atom. The summed E-state index contributed by atoms with van der Waals surface area (Å²) >= 11 is 6.12. The Bertz CT molecular complexity index is 1640. The summed E-state index contributed by atoms with van der Waals surface area (Å²) in [5.74, 6) is 1.49. The van der Waals surface area contributed by atoms with E-state index in [1.165, 1.54) is 0 Å². The molecule has 0 spiro atoms. The topological polar surface area (TPSA) is 116 Å². The van der Waals surface area contributed by atoms with Crippen molar-refractivity contribution in [2.45, 2.75) is 37.8 Å². The van der Waals surface area contributed by atoms with E-state index < -0.39 is 0 Å². The van der Waals surface area contributed by atoms with Crippen molar-refractivity contribution in [3.05, 3.63) is 83.4 Å². The van der Waals surface area contributed by atoms with Crippen LogP contribution in [0.4, 0.5) is 17.7 Å². The quantitative estimate of drug-likeness (QED) is 0.262. The van der Waals surface area contributed by atoms with Crippen molar-refractivity contribution in [1.29, 1.82) is 0 Å². The van der Waals surface area contributed by atoms with Gasteiger partial charge in [0.2, 0.25) is 11.9 Å². The van der Waals surface area contributed by atoms with Crippen LogP contribution in [0.25, 0.3) is 16.8 Å². The molecule has 5 aromatic rings. The van der Waals surface area contributed by atoms with Crippen molar-refractivity contribution in [2.75, 3.05) is 16.8 Å². The van der Waals surface area contributed by atoms with Gasteiger partial charge in [0.1, 0.15) is 11.3 Å². The van der Waals surface area contributed by atoms with Gasteiger partial charge in [0, 0.05) is 41.6 Å². The molecule has 10 nitrogen and oxygen atoms in total. The number of halogens is 1. The minimum absolute atomic E-state index is 0.0929. The molecule has 39 heavy (non-hydrogen) atoms. The van der Waals surface area contributed by atoms with Gasteiger partial charge in [-0.2, -0.15) is 15.1 Å². The van der Waals surface area contributed by atoms with Crippen molar-refractivity contribution >= 4 is 40.9 Å². The van der Waals surface area contributed by atoms with Gasteiger partial charge in [-0.25, -0.2) is 0 Å². The van der Waals surface area contributed by atoms with Gasteiger partial charge >= 0.3 is 0 Å². The van der Waals surface area contributed by atoms with Gasteiger partial charge in [-0.3, -0.25) is 19.3 Å². The highest BCUT2D eigenvalue weighted by atomic mass is 35.5. The van der Waals surface area contributed by atoms with Gasteiger partial charge in [-0.05, 0) is 61.6 Å². The largest absolute Gasteiger partial charge is 0.348 e. The van der Waals surface area contributed by atoms with E-state index >= 15 is 0 Å². The van der Waals surface area contributed by atoms with Gasteiger partial charge in [0.25, 0.3) is 5.91 Å². The minimum atomic E-state index is -0.159. The van der Waals surface area contributed by atoms with E-state index in [1.54, 1.807) is 6.07 Å². The number of fused-ring (bicyclic) bond motifs is 1. The highest BCUT2D eigenvalue weighted by Gasteiger charge is 2.30. The molecule has 5 heterocycles. The number of aromatic nitrogens is 6. The summed E-state index contributed by atoms with van der Waals surface area (Å²) < 4.78 is 1.90. The predicted molar refractivity (Wildman–Crippen MR) is 149 cm³/mol. The summed E-state index contributed by atoms with van der Waals surface area (Å²) in [6.45, 7) is 0.829. The second-order valence-electron chi connectivity index (χ2n) is 9.96. The van der Waals surface area contributed by atoms with E-state index in [-0.39, 0.29) is 18.0 Å². The number of carbonyl (C=O) groups excluding carboxylic acids is 1. The Kier molecular flexibility index (Phi) is 5.89. The smallest absolute Gasteiger partial charge is 0.269 e. The Morgan fingerprint density at radius 1 is 1.03 bits per heavy atom. The fourth-order valence-corrected chi connectivity index (χ4v) is 5.12. The number of nitrogens with one attached hydrogen (secondary N) is 3. The lowest BCUT2D eigenvalue weighted by atomic mass is 10.1. The molecule has 7 rings (SSSR count). The number of amides is 1. The van der Waals surface area contributed by atoms with Crippen molar-refractivity contribution < 1.29 is 4.79 Å². The Balaban J connectivity index is 1.27. The number of H-pyrrole nitrogens is 1. The highest BCUT2D eigenvalue weighted by Crippen LogP contribution is 2.35. The Labute approximate surface area is 229 Å². The van der Waals surface area contributed by atoms with E-state index in [0.717, 1.165) is 54.7 Å². The number of benzene rings is 1. The summed E-state index contributed by atoms with van der Waals surface area (Å²) in [6.07, 6.45) is 7.85. The fraction of sp³-hybridized carbons (Fsp3) is 0.250. The molecule has 1 aromatic carbocycles. The van der Waals surface area contributed by atoms with Crippen LogP contribution in [-0.4, -0.2) is 48.0 Å². The standard InChI is InChI=1S/C28H26ClN9O/c29-19-8-6-17(7-9-19)18-14-25-33-28(37-13-3-5-23(37)21-4-1-2-12-30-21)34-27(38(25)16-18)32-24-15-22(35-36-24)26(39)31-20-10-11-20/h1-2,4,6-9,12,14-16,20,23H,3,5,10-11,13H2,(H,31,39)(H2,32,33,34,35,36). The lowest BCUT2D eigenvalue weighted by Crippen LogP contribution is -2.26. The van der Waals surface area contributed by atoms with Crippen molar-refractivity contribution in [3.63, 3.8) is 0 Å². The maximum atomic E-state index is 12.5. The van der Waals surface area contributed by atoms with E-state index in [1.807, 2.05) is 59.3 Å². The highest BCUT2D eigenvalue weighted by molar-refractivity contribution is 6.30. The molecule has 2 aliphatic rings. The molecule has 11 heteroatoms. The van der Waals surface area contributed by atoms with Crippen LogP contribution < -0.4 is 15.5 Å². The second-order valence-corrected chi connectivity index (χ2v) is 10.4. The van der Waals surface area contributed by atoms with Crippen molar-refractivity contribution in [2.24, 2.45) is 0 Å². The summed E-state index contributed by atoms with van der Waals surface area (Å²) in [6, 6.07) is 17.8. The number of nitrogens with zero attached hydrogens (tertiary/aromatic N) is 6. The molecule has 1 amide bonds. The van der Waals surface area contributed by atoms with E-state index in [9.17, 15) is 4.79 Å². The lowest BCUT2D eigenvalue weighted by molar-refractivity contribution is 0.0946. The number of carbonyl (C=O) groups is 1. The molecule has 1 atom stereocenters. The molecule has 0 radical (unpaired) electrons. The molecule has 1 aliphatic carbocycles. The van der Waals surface area contributed by atoms with Gasteiger partial charge in [-0.15, -0.1) is 0 Å². The van der Waals surface area contributed by atoms with Crippen LogP contribution >= 0.6 is 11.6 Å². The van der Waals surface area contributed by atoms with Crippen LogP contribution in [0.2, 0.25) is 5.02 Å². The molecule has 2 fully saturated rings. The average Bonchev–Trinajstić information content (AvgIpc) is 3.34. The third kappa shape index (κ3) is 4.79. The first-order valence-corrected chi connectivity index (χ1v) is 13.5. The Hall–Kier alpha value is -4.44. The van der Waals surface area contributed by atoms with Crippen LogP contribution in [0.5, 0.6) is 0 Å². The van der Waals surface area contributed by atoms with Gasteiger partial charge in [0.15, 0.2) is 5.82 Å². The number of hydrogen-bond donors (Lipinski definition) is 3. The van der Waals surface area contributed by atoms with Crippen molar-refractivity contribution in [3.8, 4) is 11.1 Å². The van der Waals surface area contributed by atoms with E-state index in [4.69, 9.17) is 21.6 Å². The number of aromatic amines is 1. The van der Waals surface area contributed by atoms with Gasteiger partial charge in [0.05, 0.1) is 11.7 Å². The second kappa shape index (κ2) is 9.70. The summed E-state index contributed by atoms with van der Waals surface area (Å²) in [4.78, 5) is 29.2. The van der Waals surface area contributed by atoms with E-state index in [2.05, 4.69) is 36.8 Å².